The fraction of sp³-hybridized carbons (Fsp3) is 0.125. The van der Waals surface area contributed by atoms with Gasteiger partial charge in [0, 0.05) is 17.6 Å². The number of halogens is 4. The highest BCUT2D eigenvalue weighted by molar-refractivity contribution is 7.20. The van der Waals surface area contributed by atoms with Gasteiger partial charge >= 0.3 is 11.9 Å². The summed E-state index contributed by atoms with van der Waals surface area (Å²) in [7, 11) is 0. The van der Waals surface area contributed by atoms with Gasteiger partial charge in [-0.1, -0.05) is 23.7 Å². The SMILES string of the molecule is O=C(NCc1ccc(Cl)cc1)c1nc2cc(C(F)(F)F)cc([N+](=O)O)c2s1. The molecule has 27 heavy (non-hydrogen) atoms. The maximum absolute atomic E-state index is 12.9. The van der Waals surface area contributed by atoms with Gasteiger partial charge in [0.05, 0.1) is 16.0 Å². The van der Waals surface area contributed by atoms with Crippen LogP contribution in [0.15, 0.2) is 36.4 Å². The number of aromatic nitrogens is 1. The summed E-state index contributed by atoms with van der Waals surface area (Å²) in [6.07, 6.45) is -4.74. The summed E-state index contributed by atoms with van der Waals surface area (Å²) in [6.45, 7) is 0.153. The number of carbonyl (C=O) groups is 1. The van der Waals surface area contributed by atoms with E-state index >= 15 is 0 Å². The first kappa shape index (κ1) is 19.1. The Morgan fingerprint density at radius 3 is 2.52 bits per heavy atom. The molecule has 140 valence electrons. The average molecular weight is 417 g/mol. The van der Waals surface area contributed by atoms with Crippen LogP contribution in [0.1, 0.15) is 20.9 Å². The Bertz CT molecular complexity index is 1040. The molecule has 0 bridgehead atoms. The summed E-state index contributed by atoms with van der Waals surface area (Å²) in [4.78, 5) is 26.7. The highest BCUT2D eigenvalue weighted by atomic mass is 35.5. The largest absolute Gasteiger partial charge is 0.416 e. The van der Waals surface area contributed by atoms with Crippen molar-refractivity contribution in [2.45, 2.75) is 12.7 Å². The molecule has 1 heterocycles. The van der Waals surface area contributed by atoms with Crippen LogP contribution in [0.2, 0.25) is 5.02 Å². The summed E-state index contributed by atoms with van der Waals surface area (Å²) < 4.78 is 38.8. The number of alkyl halides is 3. The Balaban J connectivity index is 1.90. The Morgan fingerprint density at radius 2 is 1.93 bits per heavy atom. The number of carbonyl (C=O) groups excluding carboxylic acids is 1. The van der Waals surface area contributed by atoms with Crippen molar-refractivity contribution in [1.29, 1.82) is 0 Å². The number of benzene rings is 2. The lowest BCUT2D eigenvalue weighted by atomic mass is 10.2. The van der Waals surface area contributed by atoms with Gasteiger partial charge in [-0.2, -0.15) is 13.2 Å². The molecule has 0 aliphatic heterocycles. The summed E-state index contributed by atoms with van der Waals surface area (Å²) in [6, 6.07) is 7.93. The lowest BCUT2D eigenvalue weighted by Gasteiger charge is -2.04. The highest BCUT2D eigenvalue weighted by Gasteiger charge is 2.35. The molecule has 0 unspecified atom stereocenters. The first-order valence-electron chi connectivity index (χ1n) is 7.35. The summed E-state index contributed by atoms with van der Waals surface area (Å²) in [5.74, 6) is -0.624. The second-order valence-corrected chi connectivity index (χ2v) is 6.88. The van der Waals surface area contributed by atoms with Gasteiger partial charge in [-0.3, -0.25) is 4.79 Å². The van der Waals surface area contributed by atoms with Crippen molar-refractivity contribution in [2.24, 2.45) is 0 Å². The molecule has 2 N–H and O–H groups in total. The molecule has 0 fully saturated rings. The number of nitrogens with zero attached hydrogens (tertiary/aromatic N) is 2. The molecule has 0 saturated carbocycles. The second kappa shape index (κ2) is 7.12. The van der Waals surface area contributed by atoms with Crippen LogP contribution in [0.4, 0.5) is 18.9 Å². The maximum Gasteiger partial charge on any atom is 0.416 e. The van der Waals surface area contributed by atoms with E-state index in [0.717, 1.165) is 11.6 Å². The molecule has 11 heteroatoms. The molecule has 0 aliphatic carbocycles. The molecule has 0 aliphatic rings. The van der Waals surface area contributed by atoms with E-state index in [9.17, 15) is 22.9 Å². The van der Waals surface area contributed by atoms with Gasteiger partial charge in [0.15, 0.2) is 5.01 Å². The number of fused-ring (bicyclic) bond motifs is 1. The van der Waals surface area contributed by atoms with Gasteiger partial charge in [-0.25, -0.2) is 10.2 Å². The lowest BCUT2D eigenvalue weighted by molar-refractivity contribution is -0.728. The van der Waals surface area contributed by atoms with Gasteiger partial charge < -0.3 is 5.32 Å². The van der Waals surface area contributed by atoms with Crippen LogP contribution in [0.5, 0.6) is 0 Å². The molecule has 2 aromatic carbocycles. The fourth-order valence-corrected chi connectivity index (χ4v) is 3.36. The van der Waals surface area contributed by atoms with E-state index in [4.69, 9.17) is 16.8 Å². The minimum absolute atomic E-state index is 0.0304. The smallest absolute Gasteiger partial charge is 0.346 e. The van der Waals surface area contributed by atoms with E-state index in [1.165, 1.54) is 0 Å². The molecule has 0 spiro atoms. The van der Waals surface area contributed by atoms with Crippen molar-refractivity contribution in [2.75, 3.05) is 0 Å². The van der Waals surface area contributed by atoms with E-state index < -0.39 is 28.3 Å². The van der Waals surface area contributed by atoms with Crippen LogP contribution in [-0.2, 0) is 12.7 Å². The number of nitrogens with one attached hydrogen (secondary N) is 1. The van der Waals surface area contributed by atoms with Crippen LogP contribution in [0.3, 0.4) is 0 Å². The van der Waals surface area contributed by atoms with E-state index in [1.54, 1.807) is 24.3 Å². The number of amides is 1. The Labute approximate surface area is 158 Å². The van der Waals surface area contributed by atoms with Gasteiger partial charge in [-0.05, 0) is 23.8 Å². The van der Waals surface area contributed by atoms with Crippen LogP contribution >= 0.6 is 22.9 Å². The van der Waals surface area contributed by atoms with E-state index in [0.29, 0.717) is 22.4 Å². The third-order valence-electron chi connectivity index (χ3n) is 3.56. The summed E-state index contributed by atoms with van der Waals surface area (Å²) >= 11 is 6.48. The molecule has 1 aromatic heterocycles. The van der Waals surface area contributed by atoms with Gasteiger partial charge in [0.25, 0.3) is 10.8 Å². The van der Waals surface area contributed by atoms with Gasteiger partial charge in [-0.15, -0.1) is 11.3 Å². The average Bonchev–Trinajstić information content (AvgIpc) is 3.03. The second-order valence-electron chi connectivity index (χ2n) is 5.44. The zero-order valence-corrected chi connectivity index (χ0v) is 14.8. The number of hydrogen-bond acceptors (Lipinski definition) is 4. The van der Waals surface area contributed by atoms with Crippen molar-refractivity contribution < 1.29 is 28.1 Å². The van der Waals surface area contributed by atoms with Crippen molar-refractivity contribution in [3.63, 3.8) is 0 Å². The first-order chi connectivity index (χ1) is 12.6. The maximum atomic E-state index is 12.9. The van der Waals surface area contributed by atoms with E-state index in [2.05, 4.69) is 10.3 Å². The first-order valence-corrected chi connectivity index (χ1v) is 8.55. The van der Waals surface area contributed by atoms with Crippen molar-refractivity contribution in [3.05, 3.63) is 62.5 Å². The van der Waals surface area contributed by atoms with Crippen LogP contribution in [0.25, 0.3) is 10.2 Å². The van der Waals surface area contributed by atoms with Crippen LogP contribution < -0.4 is 5.32 Å². The quantitative estimate of drug-likeness (QED) is 0.604. The van der Waals surface area contributed by atoms with Crippen molar-refractivity contribution in [1.82, 2.24) is 10.3 Å². The molecule has 1 amide bonds. The monoisotopic (exact) mass is 416 g/mol. The topological polar surface area (TPSA) is 82.3 Å². The molecule has 3 rings (SSSR count). The minimum Gasteiger partial charge on any atom is -0.346 e. The summed E-state index contributed by atoms with van der Waals surface area (Å²) in [5.41, 5.74) is -1.24. The van der Waals surface area contributed by atoms with Crippen LogP contribution in [-0.4, -0.2) is 21.0 Å². The minimum atomic E-state index is -4.74. The normalized spacial score (nSPS) is 11.6. The number of rotatable bonds is 4. The number of hydrogen-bond donors (Lipinski definition) is 2. The Morgan fingerprint density at radius 1 is 1.26 bits per heavy atom. The van der Waals surface area contributed by atoms with Crippen molar-refractivity contribution in [3.8, 4) is 0 Å². The summed E-state index contributed by atoms with van der Waals surface area (Å²) in [5, 5.41) is 12.1. The van der Waals surface area contributed by atoms with Crippen molar-refractivity contribution >= 4 is 44.7 Å². The number of thiazole rings is 1. The zero-order valence-electron chi connectivity index (χ0n) is 13.2. The molecule has 0 atom stereocenters. The molecular formula is C16H10ClF3N3O3S+. The highest BCUT2D eigenvalue weighted by Crippen LogP contribution is 2.38. The Hall–Kier alpha value is -2.72. The third-order valence-corrected chi connectivity index (χ3v) is 4.91. The van der Waals surface area contributed by atoms with Gasteiger partial charge in [0.2, 0.25) is 0 Å². The van der Waals surface area contributed by atoms with E-state index in [1.807, 2.05) is 0 Å². The predicted molar refractivity (Wildman–Crippen MR) is 92.3 cm³/mol. The zero-order chi connectivity index (χ0) is 19.8. The fourth-order valence-electron chi connectivity index (χ4n) is 2.28. The van der Waals surface area contributed by atoms with E-state index in [-0.39, 0.29) is 21.8 Å². The molecule has 6 nitrogen and oxygen atoms in total. The molecule has 3 aromatic rings. The standard InChI is InChI=1S/C16H9ClF3N3O3S/c17-10-3-1-8(2-4-10)7-21-14(24)15-22-11-5-9(16(18,19)20)6-12(23(25)26)13(11)27-15/h1-6H,7H2,(H-,21,24,25,26)/p+1. The third kappa shape index (κ3) is 4.17. The molecular weight excluding hydrogens is 407 g/mol. The lowest BCUT2D eigenvalue weighted by Crippen LogP contribution is -2.22. The van der Waals surface area contributed by atoms with Gasteiger partial charge in [0.1, 0.15) is 4.70 Å². The van der Waals surface area contributed by atoms with Crippen LogP contribution in [0, 0.1) is 4.91 Å². The predicted octanol–water partition coefficient (Wildman–Crippen LogP) is 4.70. The molecule has 0 radical (unpaired) electrons. The Kier molecular flexibility index (Phi) is 5.03. The molecule has 0 saturated heterocycles.